The normalized spacial score (nSPS) is 32.6. The van der Waals surface area contributed by atoms with Gasteiger partial charge in [-0.05, 0) is 0 Å². The molecule has 0 aromatic heterocycles. The van der Waals surface area contributed by atoms with E-state index in [1.807, 2.05) is 0 Å². The Labute approximate surface area is 117 Å². The van der Waals surface area contributed by atoms with E-state index in [0.717, 1.165) is 0 Å². The van der Waals surface area contributed by atoms with Gasteiger partial charge in [0.1, 0.15) is 6.10 Å². The van der Waals surface area contributed by atoms with E-state index in [1.54, 1.807) is 0 Å². The Balaban J connectivity index is 2.56. The minimum absolute atomic E-state index is 0.176. The predicted molar refractivity (Wildman–Crippen MR) is 61.3 cm³/mol. The smallest absolute Gasteiger partial charge is 0.390 e. The van der Waals surface area contributed by atoms with Gasteiger partial charge in [0.05, 0.1) is 12.7 Å². The summed E-state index contributed by atoms with van der Waals surface area (Å²) in [6.07, 6.45) is -3.91. The van der Waals surface area contributed by atoms with Crippen LogP contribution in [0.3, 0.4) is 0 Å². The Hall–Kier alpha value is 0.290. The van der Waals surface area contributed by atoms with Crippen LogP contribution in [0.5, 0.6) is 0 Å². The molecule has 1 saturated heterocycles. The Bertz CT molecular complexity index is 498. The van der Waals surface area contributed by atoms with Crippen molar-refractivity contribution < 1.29 is 61.4 Å². The van der Waals surface area contributed by atoms with Gasteiger partial charge in [0.25, 0.3) is 0 Å². The lowest BCUT2D eigenvalue weighted by atomic mass is 10.2. The molecule has 126 valence electrons. The molecule has 1 aliphatic rings. The van der Waals surface area contributed by atoms with Crippen LogP contribution in [0.1, 0.15) is 6.42 Å². The maximum atomic E-state index is 11.3. The van der Waals surface area contributed by atoms with E-state index in [4.69, 9.17) is 24.7 Å². The number of hydrogen-bond acceptors (Lipinski definition) is 9. The Morgan fingerprint density at radius 3 is 2.00 bits per heavy atom. The number of aliphatic hydroxyl groups is 2. The summed E-state index contributed by atoms with van der Waals surface area (Å²) in [4.78, 5) is 34.6. The molecule has 6 N–H and O–H groups in total. The van der Waals surface area contributed by atoms with Crippen molar-refractivity contribution in [1.82, 2.24) is 0 Å². The first kappa shape index (κ1) is 19.3. The summed E-state index contributed by atoms with van der Waals surface area (Å²) in [6, 6.07) is 0. The minimum atomic E-state index is -5.58. The lowest BCUT2D eigenvalue weighted by Crippen LogP contribution is -2.26. The maximum absolute atomic E-state index is 11.3. The van der Waals surface area contributed by atoms with E-state index < -0.39 is 48.6 Å². The van der Waals surface area contributed by atoms with Gasteiger partial charge >= 0.3 is 23.5 Å². The van der Waals surface area contributed by atoms with Crippen LogP contribution in [0, 0.1) is 0 Å². The molecule has 16 heteroatoms. The van der Waals surface area contributed by atoms with Gasteiger partial charge in [-0.1, -0.05) is 0 Å². The topological polar surface area (TPSA) is 210 Å². The lowest BCUT2D eigenvalue weighted by molar-refractivity contribution is -0.106. The van der Waals surface area contributed by atoms with Gasteiger partial charge in [0, 0.05) is 6.42 Å². The highest BCUT2D eigenvalue weighted by Gasteiger charge is 2.42. The highest BCUT2D eigenvalue weighted by molar-refractivity contribution is 7.66. The Kier molecular flexibility index (Phi) is 6.27. The van der Waals surface area contributed by atoms with Crippen molar-refractivity contribution in [1.29, 1.82) is 0 Å². The molecule has 1 aliphatic heterocycles. The molecule has 1 fully saturated rings. The molecular weight excluding hydrogens is 361 g/mol. The summed E-state index contributed by atoms with van der Waals surface area (Å²) < 4.78 is 48.5. The van der Waals surface area contributed by atoms with Crippen molar-refractivity contribution in [3.05, 3.63) is 0 Å². The third kappa shape index (κ3) is 7.40. The molecule has 1 rings (SSSR count). The number of phosphoric acid groups is 3. The van der Waals surface area contributed by atoms with Crippen LogP contribution in [0.2, 0.25) is 0 Å². The third-order valence-electron chi connectivity index (χ3n) is 2.02. The Morgan fingerprint density at radius 1 is 1.00 bits per heavy atom. The van der Waals surface area contributed by atoms with Gasteiger partial charge in [-0.25, -0.2) is 13.7 Å². The van der Waals surface area contributed by atoms with Crippen LogP contribution >= 0.6 is 23.5 Å². The zero-order valence-corrected chi connectivity index (χ0v) is 12.7. The van der Waals surface area contributed by atoms with Crippen LogP contribution in [0.25, 0.3) is 0 Å². The van der Waals surface area contributed by atoms with E-state index >= 15 is 0 Å². The molecule has 0 saturated carbocycles. The van der Waals surface area contributed by atoms with E-state index in [0.29, 0.717) is 0 Å². The summed E-state index contributed by atoms with van der Waals surface area (Å²) in [5, 5.41) is 18.4. The van der Waals surface area contributed by atoms with Gasteiger partial charge in [0.2, 0.25) is 0 Å². The van der Waals surface area contributed by atoms with E-state index in [1.165, 1.54) is 0 Å². The molecule has 5 atom stereocenters. The minimum Gasteiger partial charge on any atom is -0.390 e. The fourth-order valence-corrected chi connectivity index (χ4v) is 4.36. The molecule has 0 aliphatic carbocycles. The van der Waals surface area contributed by atoms with Crippen molar-refractivity contribution in [2.45, 2.75) is 24.9 Å². The summed E-state index contributed by atoms with van der Waals surface area (Å²) in [6.45, 7) is -0.804. The summed E-state index contributed by atoms with van der Waals surface area (Å²) >= 11 is 0. The number of aliphatic hydroxyl groups excluding tert-OH is 2. The predicted octanol–water partition coefficient (Wildman–Crippen LogP) is -1.20. The quantitative estimate of drug-likeness (QED) is 0.289. The van der Waals surface area contributed by atoms with Crippen molar-refractivity contribution in [3.8, 4) is 0 Å². The lowest BCUT2D eigenvalue weighted by Gasteiger charge is -2.18. The number of hydrogen-bond donors (Lipinski definition) is 6. The molecule has 21 heavy (non-hydrogen) atoms. The van der Waals surface area contributed by atoms with Crippen LogP contribution in [0.4, 0.5) is 0 Å². The van der Waals surface area contributed by atoms with Crippen LogP contribution in [-0.4, -0.2) is 54.9 Å². The second-order valence-electron chi connectivity index (χ2n) is 3.82. The van der Waals surface area contributed by atoms with Gasteiger partial charge in [-0.3, -0.25) is 4.52 Å². The number of rotatable bonds is 7. The number of ether oxygens (including phenoxy) is 1. The summed E-state index contributed by atoms with van der Waals surface area (Å²) in [5.74, 6) is 0. The van der Waals surface area contributed by atoms with Gasteiger partial charge in [-0.15, -0.1) is 0 Å². The van der Waals surface area contributed by atoms with Crippen molar-refractivity contribution in [2.75, 3.05) is 6.61 Å². The van der Waals surface area contributed by atoms with Crippen molar-refractivity contribution >= 4 is 23.5 Å². The highest BCUT2D eigenvalue weighted by atomic mass is 31.3. The molecule has 0 bridgehead atoms. The van der Waals surface area contributed by atoms with Crippen LogP contribution in [-0.2, 0) is 31.6 Å². The fraction of sp³-hybridized carbons (Fsp3) is 1.00. The second-order valence-corrected chi connectivity index (χ2v) is 8.24. The summed E-state index contributed by atoms with van der Waals surface area (Å²) in [5.41, 5.74) is 0. The summed E-state index contributed by atoms with van der Waals surface area (Å²) in [7, 11) is -16.3. The van der Waals surface area contributed by atoms with Gasteiger partial charge in [0.15, 0.2) is 6.29 Å². The molecule has 0 spiro atoms. The first-order valence-corrected chi connectivity index (χ1v) is 9.62. The second kappa shape index (κ2) is 6.81. The number of phosphoric ester groups is 1. The molecule has 0 aromatic rings. The maximum Gasteiger partial charge on any atom is 0.490 e. The largest absolute Gasteiger partial charge is 0.490 e. The standard InChI is InChI=1S/C5H13O13P3/c6-3-1-5(7)16-4(3)2-15-20(11,12)18-21(13,14)17-19(8,9)10/h3-7H,1-2H2,(H,11,12)(H,13,14)(H2,8,9,10)/t3-,4+,5+/m0/s1. The molecule has 0 aromatic carbocycles. The molecule has 0 amide bonds. The van der Waals surface area contributed by atoms with Crippen molar-refractivity contribution in [2.24, 2.45) is 0 Å². The third-order valence-corrected chi connectivity index (χ3v) is 5.82. The molecule has 13 nitrogen and oxygen atoms in total. The Morgan fingerprint density at radius 2 is 1.57 bits per heavy atom. The van der Waals surface area contributed by atoms with Gasteiger partial charge in [-0.2, -0.15) is 8.62 Å². The first-order valence-electron chi connectivity index (χ1n) is 5.10. The fourth-order valence-electron chi connectivity index (χ4n) is 1.33. The highest BCUT2D eigenvalue weighted by Crippen LogP contribution is 2.66. The van der Waals surface area contributed by atoms with E-state index in [2.05, 4.69) is 17.9 Å². The molecule has 2 unspecified atom stereocenters. The monoisotopic (exact) mass is 374 g/mol. The van der Waals surface area contributed by atoms with Crippen LogP contribution in [0.15, 0.2) is 0 Å². The average molecular weight is 374 g/mol. The molecule has 0 radical (unpaired) electrons. The van der Waals surface area contributed by atoms with Crippen molar-refractivity contribution in [3.63, 3.8) is 0 Å². The molecule has 1 heterocycles. The molecular formula is C5H13O13P3. The van der Waals surface area contributed by atoms with Crippen LogP contribution < -0.4 is 0 Å². The SMILES string of the molecule is O=P(O)(O)OP(=O)(O)OP(=O)(O)OC[C@H]1O[C@@H](O)C[C@@H]1O. The van der Waals surface area contributed by atoms with E-state index in [-0.39, 0.29) is 6.42 Å². The average Bonchev–Trinajstić information content (AvgIpc) is 2.48. The van der Waals surface area contributed by atoms with E-state index in [9.17, 15) is 18.8 Å². The zero-order chi connectivity index (χ0) is 16.5. The first-order chi connectivity index (χ1) is 9.30. The zero-order valence-electron chi connectivity index (χ0n) is 10.0. The van der Waals surface area contributed by atoms with Gasteiger partial charge < -0.3 is 34.5 Å².